The molecular formula is C22H22N2O. The molecule has 2 aromatic heterocycles. The fraction of sp³-hybridized carbons (Fsp3) is 0.273. The summed E-state index contributed by atoms with van der Waals surface area (Å²) >= 11 is 0. The Morgan fingerprint density at radius 3 is 2.56 bits per heavy atom. The molecule has 0 aliphatic carbocycles. The van der Waals surface area contributed by atoms with E-state index in [0.717, 1.165) is 39.7 Å². The third-order valence-corrected chi connectivity index (χ3v) is 4.70. The molecule has 0 unspecified atom stereocenters. The van der Waals surface area contributed by atoms with E-state index in [9.17, 15) is 0 Å². The molecule has 0 aliphatic heterocycles. The van der Waals surface area contributed by atoms with E-state index in [0.29, 0.717) is 0 Å². The van der Waals surface area contributed by atoms with Gasteiger partial charge in [-0.25, -0.2) is 9.97 Å². The summed E-state index contributed by atoms with van der Waals surface area (Å²) in [4.78, 5) is 8.91. The summed E-state index contributed by atoms with van der Waals surface area (Å²) in [5.41, 5.74) is 5.81. The van der Waals surface area contributed by atoms with Crippen LogP contribution in [-0.2, 0) is 6.42 Å². The van der Waals surface area contributed by atoms with Gasteiger partial charge in [0.15, 0.2) is 5.58 Å². The predicted molar refractivity (Wildman–Crippen MR) is 103 cm³/mol. The van der Waals surface area contributed by atoms with Crippen LogP contribution in [0, 0.1) is 0 Å². The smallest absolute Gasteiger partial charge is 0.180 e. The zero-order valence-electron chi connectivity index (χ0n) is 14.5. The van der Waals surface area contributed by atoms with Crippen molar-refractivity contribution in [2.75, 3.05) is 0 Å². The molecule has 0 fully saturated rings. The van der Waals surface area contributed by atoms with Crippen LogP contribution >= 0.6 is 0 Å². The van der Waals surface area contributed by atoms with Gasteiger partial charge in [-0.15, -0.1) is 0 Å². The fourth-order valence-corrected chi connectivity index (χ4v) is 3.31. The molecule has 2 aromatic carbocycles. The van der Waals surface area contributed by atoms with Crippen molar-refractivity contribution in [3.63, 3.8) is 0 Å². The summed E-state index contributed by atoms with van der Waals surface area (Å²) < 4.78 is 6.04. The number of fused-ring (bicyclic) bond motifs is 3. The highest BCUT2D eigenvalue weighted by Gasteiger charge is 2.14. The van der Waals surface area contributed by atoms with Crippen molar-refractivity contribution in [2.45, 2.75) is 39.0 Å². The van der Waals surface area contributed by atoms with E-state index in [1.165, 1.54) is 31.2 Å². The van der Waals surface area contributed by atoms with Crippen molar-refractivity contribution in [2.24, 2.45) is 0 Å². The number of para-hydroxylation sites is 1. The van der Waals surface area contributed by atoms with Gasteiger partial charge in [-0.3, -0.25) is 0 Å². The van der Waals surface area contributed by atoms with Crippen LogP contribution in [0.15, 0.2) is 59.3 Å². The van der Waals surface area contributed by atoms with Crippen molar-refractivity contribution < 1.29 is 4.42 Å². The molecular weight excluding hydrogens is 308 g/mol. The SMILES string of the molecule is CCCCCCc1ccc(-c2ncnc3c2oc2ccccc23)cc1. The van der Waals surface area contributed by atoms with E-state index in [2.05, 4.69) is 41.2 Å². The Balaban J connectivity index is 1.65. The minimum atomic E-state index is 0.763. The van der Waals surface area contributed by atoms with E-state index in [4.69, 9.17) is 4.42 Å². The number of rotatable bonds is 6. The van der Waals surface area contributed by atoms with E-state index < -0.39 is 0 Å². The molecule has 0 amide bonds. The quantitative estimate of drug-likeness (QED) is 0.397. The first kappa shape index (κ1) is 15.8. The Morgan fingerprint density at radius 1 is 0.880 bits per heavy atom. The van der Waals surface area contributed by atoms with Crippen LogP contribution in [0.3, 0.4) is 0 Å². The topological polar surface area (TPSA) is 38.9 Å². The lowest BCUT2D eigenvalue weighted by Gasteiger charge is -2.04. The lowest BCUT2D eigenvalue weighted by atomic mass is 10.0. The second kappa shape index (κ2) is 7.06. The normalized spacial score (nSPS) is 11.4. The van der Waals surface area contributed by atoms with Crippen LogP contribution < -0.4 is 0 Å². The molecule has 4 aromatic rings. The zero-order chi connectivity index (χ0) is 17.1. The summed E-state index contributed by atoms with van der Waals surface area (Å²) in [5, 5.41) is 1.04. The molecule has 126 valence electrons. The lowest BCUT2D eigenvalue weighted by molar-refractivity contribution is 0.666. The minimum absolute atomic E-state index is 0.763. The summed E-state index contributed by atoms with van der Waals surface area (Å²) in [6.45, 7) is 2.25. The average Bonchev–Trinajstić information content (AvgIpc) is 3.05. The highest BCUT2D eigenvalue weighted by molar-refractivity contribution is 6.06. The Labute approximate surface area is 147 Å². The molecule has 0 saturated carbocycles. The number of hydrogen-bond donors (Lipinski definition) is 0. The number of hydrogen-bond acceptors (Lipinski definition) is 3. The summed E-state index contributed by atoms with van der Waals surface area (Å²) in [7, 11) is 0. The lowest BCUT2D eigenvalue weighted by Crippen LogP contribution is -1.89. The van der Waals surface area contributed by atoms with Crippen LogP contribution in [0.5, 0.6) is 0 Å². The van der Waals surface area contributed by atoms with Crippen LogP contribution in [0.4, 0.5) is 0 Å². The molecule has 4 rings (SSSR count). The molecule has 2 heterocycles. The molecule has 0 N–H and O–H groups in total. The van der Waals surface area contributed by atoms with Crippen molar-refractivity contribution in [3.8, 4) is 11.3 Å². The van der Waals surface area contributed by atoms with Gasteiger partial charge in [-0.2, -0.15) is 0 Å². The maximum atomic E-state index is 6.04. The maximum absolute atomic E-state index is 6.04. The van der Waals surface area contributed by atoms with Gasteiger partial charge in [0.2, 0.25) is 0 Å². The van der Waals surface area contributed by atoms with Crippen LogP contribution in [-0.4, -0.2) is 9.97 Å². The predicted octanol–water partition coefficient (Wildman–Crippen LogP) is 6.17. The molecule has 0 saturated heterocycles. The first-order valence-corrected chi connectivity index (χ1v) is 9.08. The highest BCUT2D eigenvalue weighted by Crippen LogP contribution is 2.32. The third kappa shape index (κ3) is 3.14. The Morgan fingerprint density at radius 2 is 1.72 bits per heavy atom. The third-order valence-electron chi connectivity index (χ3n) is 4.70. The van der Waals surface area contributed by atoms with Gasteiger partial charge in [0.1, 0.15) is 23.1 Å². The van der Waals surface area contributed by atoms with E-state index in [-0.39, 0.29) is 0 Å². The largest absolute Gasteiger partial charge is 0.452 e. The zero-order valence-corrected chi connectivity index (χ0v) is 14.5. The fourth-order valence-electron chi connectivity index (χ4n) is 3.31. The number of furan rings is 1. The number of nitrogens with zero attached hydrogens (tertiary/aromatic N) is 2. The highest BCUT2D eigenvalue weighted by atomic mass is 16.3. The van der Waals surface area contributed by atoms with Gasteiger partial charge in [-0.05, 0) is 30.5 Å². The molecule has 0 atom stereocenters. The molecule has 0 spiro atoms. The minimum Gasteiger partial charge on any atom is -0.452 e. The van der Waals surface area contributed by atoms with Gasteiger partial charge < -0.3 is 4.42 Å². The second-order valence-corrected chi connectivity index (χ2v) is 6.51. The van der Waals surface area contributed by atoms with Gasteiger partial charge in [0, 0.05) is 10.9 Å². The van der Waals surface area contributed by atoms with Crippen molar-refractivity contribution in [1.82, 2.24) is 9.97 Å². The van der Waals surface area contributed by atoms with E-state index >= 15 is 0 Å². The molecule has 3 nitrogen and oxygen atoms in total. The average molecular weight is 330 g/mol. The summed E-state index contributed by atoms with van der Waals surface area (Å²) in [6.07, 6.45) is 7.93. The molecule has 0 aliphatic rings. The van der Waals surface area contributed by atoms with E-state index in [1.54, 1.807) is 6.33 Å². The Kier molecular flexibility index (Phi) is 4.47. The van der Waals surface area contributed by atoms with Crippen LogP contribution in [0.1, 0.15) is 38.2 Å². The molecule has 3 heteroatoms. The monoisotopic (exact) mass is 330 g/mol. The standard InChI is InChI=1S/C22H22N2O/c1-2-3-4-5-8-16-11-13-17(14-12-16)20-22-21(24-15-23-20)18-9-6-7-10-19(18)25-22/h6-7,9-15H,2-5,8H2,1H3. The molecule has 0 radical (unpaired) electrons. The Hall–Kier alpha value is -2.68. The van der Waals surface area contributed by atoms with Gasteiger partial charge >= 0.3 is 0 Å². The van der Waals surface area contributed by atoms with Gasteiger partial charge in [-0.1, -0.05) is 62.6 Å². The van der Waals surface area contributed by atoms with Crippen LogP contribution in [0.2, 0.25) is 0 Å². The second-order valence-electron chi connectivity index (χ2n) is 6.51. The first-order chi connectivity index (χ1) is 12.4. The van der Waals surface area contributed by atoms with Crippen molar-refractivity contribution >= 4 is 22.1 Å². The maximum Gasteiger partial charge on any atom is 0.180 e. The van der Waals surface area contributed by atoms with Crippen molar-refractivity contribution in [3.05, 3.63) is 60.4 Å². The number of unbranched alkanes of at least 4 members (excludes halogenated alkanes) is 3. The van der Waals surface area contributed by atoms with E-state index in [1.807, 2.05) is 24.3 Å². The van der Waals surface area contributed by atoms with Crippen molar-refractivity contribution in [1.29, 1.82) is 0 Å². The van der Waals surface area contributed by atoms with Gasteiger partial charge in [0.25, 0.3) is 0 Å². The summed E-state index contributed by atoms with van der Waals surface area (Å²) in [6, 6.07) is 16.7. The summed E-state index contributed by atoms with van der Waals surface area (Å²) in [5.74, 6) is 0. The van der Waals surface area contributed by atoms with Crippen LogP contribution in [0.25, 0.3) is 33.3 Å². The van der Waals surface area contributed by atoms with Gasteiger partial charge in [0.05, 0.1) is 0 Å². The number of aryl methyl sites for hydroxylation is 1. The molecule has 25 heavy (non-hydrogen) atoms. The first-order valence-electron chi connectivity index (χ1n) is 9.08. The number of benzene rings is 2. The molecule has 0 bridgehead atoms. The number of aromatic nitrogens is 2. The Bertz CT molecular complexity index is 986.